The molecular formula is C11H24N2OSn. The van der Waals surface area contributed by atoms with E-state index in [1.165, 1.54) is 0 Å². The molecule has 3 nitrogen and oxygen atoms in total. The molecule has 0 bridgehead atoms. The van der Waals surface area contributed by atoms with Crippen LogP contribution in [0.4, 0.5) is 0 Å². The third-order valence-electron chi connectivity index (χ3n) is 1.89. The third kappa shape index (κ3) is 8.78. The fourth-order valence-electron chi connectivity index (χ4n) is 1.34. The van der Waals surface area contributed by atoms with Gasteiger partial charge >= 0.3 is 101 Å². The second-order valence-corrected chi connectivity index (χ2v) is 11.4. The zero-order valence-electron chi connectivity index (χ0n) is 10.4. The van der Waals surface area contributed by atoms with Crippen molar-refractivity contribution in [1.82, 2.24) is 8.44 Å². The van der Waals surface area contributed by atoms with Crippen molar-refractivity contribution in [2.45, 2.75) is 36.6 Å². The van der Waals surface area contributed by atoms with Gasteiger partial charge in [0.2, 0.25) is 0 Å². The first kappa shape index (κ1) is 14.8. The van der Waals surface area contributed by atoms with Crippen molar-refractivity contribution in [2.75, 3.05) is 13.1 Å². The van der Waals surface area contributed by atoms with Crippen molar-refractivity contribution in [3.63, 3.8) is 0 Å². The van der Waals surface area contributed by atoms with Gasteiger partial charge in [-0.25, -0.2) is 0 Å². The Kier molecular flexibility index (Phi) is 8.95. The van der Waals surface area contributed by atoms with Crippen molar-refractivity contribution in [3.8, 4) is 0 Å². The van der Waals surface area contributed by atoms with Gasteiger partial charge in [0.25, 0.3) is 0 Å². The van der Waals surface area contributed by atoms with E-state index in [1.807, 2.05) is 6.20 Å². The maximum absolute atomic E-state index is 11.4. The van der Waals surface area contributed by atoms with E-state index < -0.39 is 20.0 Å². The Morgan fingerprint density at radius 3 is 2.20 bits per heavy atom. The van der Waals surface area contributed by atoms with Crippen LogP contribution >= 0.6 is 0 Å². The quantitative estimate of drug-likeness (QED) is 0.572. The summed E-state index contributed by atoms with van der Waals surface area (Å²) in [4.78, 5) is 17.9. The Morgan fingerprint density at radius 2 is 1.80 bits per heavy atom. The summed E-state index contributed by atoms with van der Waals surface area (Å²) >= 11 is -1.60. The summed E-state index contributed by atoms with van der Waals surface area (Å²) in [5.41, 5.74) is 0. The van der Waals surface area contributed by atoms with Gasteiger partial charge in [0, 0.05) is 0 Å². The molecule has 0 spiro atoms. The van der Waals surface area contributed by atoms with Crippen LogP contribution in [0.25, 0.3) is 0 Å². The third-order valence-corrected chi connectivity index (χ3v) is 4.35. The van der Waals surface area contributed by atoms with Crippen LogP contribution in [0.2, 0.25) is 9.88 Å². The number of carbonyl (C=O) groups excluding carboxylic acids is 1. The zero-order chi connectivity index (χ0) is 11.7. The summed E-state index contributed by atoms with van der Waals surface area (Å²) in [5, 5.41) is 0. The molecule has 15 heavy (non-hydrogen) atoms. The number of nitrogens with one attached hydrogen (secondary N) is 1. The first-order chi connectivity index (χ1) is 7.10. The van der Waals surface area contributed by atoms with Crippen molar-refractivity contribution in [2.24, 2.45) is 0 Å². The molecule has 0 fully saturated rings. The van der Waals surface area contributed by atoms with E-state index in [-0.39, 0.29) is 5.91 Å². The summed E-state index contributed by atoms with van der Waals surface area (Å²) in [5.74, 6) is 0.0815. The summed E-state index contributed by atoms with van der Waals surface area (Å²) < 4.78 is 3.04. The number of carbonyl (C=O) groups is 1. The fraction of sp³-hybridized carbons (Fsp3) is 0.727. The monoisotopic (exact) mass is 320 g/mol. The van der Waals surface area contributed by atoms with Gasteiger partial charge in [-0.05, 0) is 0 Å². The molecule has 0 aliphatic rings. The minimum absolute atomic E-state index is 0.0815. The van der Waals surface area contributed by atoms with Crippen molar-refractivity contribution < 1.29 is 4.79 Å². The summed E-state index contributed by atoms with van der Waals surface area (Å²) in [6, 6.07) is 0. The van der Waals surface area contributed by atoms with Gasteiger partial charge in [-0.15, -0.1) is 0 Å². The molecule has 88 valence electrons. The first-order valence-electron chi connectivity index (χ1n) is 5.82. The molecule has 0 atom stereocenters. The molecule has 0 aromatic heterocycles. The molecule has 0 aromatic rings. The molecular weight excluding hydrogens is 295 g/mol. The average Bonchev–Trinajstić information content (AvgIpc) is 2.14. The second-order valence-electron chi connectivity index (χ2n) is 4.01. The van der Waals surface area contributed by atoms with Crippen LogP contribution in [-0.2, 0) is 4.79 Å². The number of amides is 1. The molecule has 0 radical (unpaired) electrons. The van der Waals surface area contributed by atoms with E-state index in [0.29, 0.717) is 0 Å². The number of hydrogen-bond donors (Lipinski definition) is 1. The van der Waals surface area contributed by atoms with E-state index >= 15 is 0 Å². The van der Waals surface area contributed by atoms with Crippen LogP contribution in [0.15, 0.2) is 12.3 Å². The Morgan fingerprint density at radius 1 is 1.27 bits per heavy atom. The Bertz CT molecular complexity index is 199. The molecule has 0 aliphatic carbocycles. The normalized spacial score (nSPS) is 11.0. The van der Waals surface area contributed by atoms with Crippen molar-refractivity contribution in [1.29, 1.82) is 0 Å². The Labute approximate surface area is 101 Å². The molecule has 4 heteroatoms. The number of nitrogens with zero attached hydrogens (tertiary/aromatic N) is 1. The number of rotatable bonds is 7. The van der Waals surface area contributed by atoms with Gasteiger partial charge < -0.3 is 0 Å². The van der Waals surface area contributed by atoms with Crippen LogP contribution in [0, 0.1) is 0 Å². The van der Waals surface area contributed by atoms with Gasteiger partial charge in [-0.2, -0.15) is 0 Å². The predicted molar refractivity (Wildman–Crippen MR) is 68.3 cm³/mol. The standard InChI is InChI=1S/C9H18N2O.2CH3.Sn.H/c1-3-6-11(7-4-2)8-5-9(10)12;;;;/h5,8H,3-4,6-7H2,1-2H3,(H2,10,12);2*1H3;;/q;;;+1;/p-1. The van der Waals surface area contributed by atoms with Crippen LogP contribution in [0.1, 0.15) is 26.7 Å². The van der Waals surface area contributed by atoms with Gasteiger partial charge in [-0.1, -0.05) is 0 Å². The van der Waals surface area contributed by atoms with Crippen molar-refractivity contribution in [3.05, 3.63) is 12.3 Å². The minimum atomic E-state index is -1.60. The molecule has 1 amide bonds. The second kappa shape index (κ2) is 9.07. The summed E-state index contributed by atoms with van der Waals surface area (Å²) in [7, 11) is 0. The summed E-state index contributed by atoms with van der Waals surface area (Å²) in [6.45, 7) is 6.37. The van der Waals surface area contributed by atoms with E-state index in [1.54, 1.807) is 6.08 Å². The van der Waals surface area contributed by atoms with Gasteiger partial charge in [-0.3, -0.25) is 0 Å². The maximum atomic E-state index is 11.4. The van der Waals surface area contributed by atoms with E-state index in [4.69, 9.17) is 0 Å². The van der Waals surface area contributed by atoms with Crippen LogP contribution < -0.4 is 3.54 Å². The first-order valence-corrected chi connectivity index (χ1v) is 14.1. The molecule has 0 heterocycles. The van der Waals surface area contributed by atoms with Gasteiger partial charge in [0.05, 0.1) is 0 Å². The molecule has 0 unspecified atom stereocenters. The SMILES string of the molecule is CCCN(C=CC(=O)[NH][SnH]([CH3])[CH3])CCC. The topological polar surface area (TPSA) is 32.3 Å². The molecule has 0 rings (SSSR count). The van der Waals surface area contributed by atoms with E-state index in [2.05, 4.69) is 32.2 Å². The average molecular weight is 319 g/mol. The zero-order valence-corrected chi connectivity index (χ0v) is 13.7. The molecule has 0 aliphatic heterocycles. The van der Waals surface area contributed by atoms with E-state index in [9.17, 15) is 4.79 Å². The van der Waals surface area contributed by atoms with Crippen LogP contribution in [0.3, 0.4) is 0 Å². The molecule has 0 saturated carbocycles. The van der Waals surface area contributed by atoms with Gasteiger partial charge in [0.15, 0.2) is 0 Å². The van der Waals surface area contributed by atoms with Crippen LogP contribution in [-0.4, -0.2) is 43.9 Å². The number of hydrogen-bond acceptors (Lipinski definition) is 2. The summed E-state index contributed by atoms with van der Waals surface area (Å²) in [6.07, 6.45) is 5.84. The fourth-order valence-corrected chi connectivity index (χ4v) is 3.24. The Hall–Kier alpha value is -0.191. The van der Waals surface area contributed by atoms with E-state index in [0.717, 1.165) is 25.9 Å². The molecule has 1 N–H and O–H groups in total. The van der Waals surface area contributed by atoms with Crippen molar-refractivity contribution >= 4 is 25.9 Å². The predicted octanol–water partition coefficient (Wildman–Crippen LogP) is 1.72. The molecule has 0 saturated heterocycles. The molecule has 0 aromatic carbocycles. The Balaban J connectivity index is 4.01. The van der Waals surface area contributed by atoms with Crippen LogP contribution in [0.5, 0.6) is 0 Å². The van der Waals surface area contributed by atoms with Gasteiger partial charge in [0.1, 0.15) is 0 Å².